The molecule has 0 radical (unpaired) electrons. The van der Waals surface area contributed by atoms with Crippen molar-refractivity contribution in [1.29, 1.82) is 0 Å². The van der Waals surface area contributed by atoms with Gasteiger partial charge in [-0.25, -0.2) is 0 Å². The van der Waals surface area contributed by atoms with Gasteiger partial charge in [0, 0.05) is 0 Å². The molecule has 2 aromatic rings. The van der Waals surface area contributed by atoms with Crippen molar-refractivity contribution in [2.24, 2.45) is 4.99 Å². The smallest absolute Gasteiger partial charge is 0.197 e. The normalized spacial score (nSPS) is 10.7. The van der Waals surface area contributed by atoms with E-state index in [9.17, 15) is 0 Å². The van der Waals surface area contributed by atoms with Gasteiger partial charge in [-0.3, -0.25) is 0 Å². The molecule has 21 heavy (non-hydrogen) atoms. The molecule has 112 valence electrons. The lowest BCUT2D eigenvalue weighted by atomic mass is 10.1. The van der Waals surface area contributed by atoms with Crippen LogP contribution < -0.4 is 0 Å². The number of aromatic nitrogens is 3. The van der Waals surface area contributed by atoms with E-state index in [1.54, 1.807) is 23.5 Å². The molecule has 0 fully saturated rings. The number of aliphatic imine (C=N–C) groups is 1. The minimum atomic E-state index is 0.635. The van der Waals surface area contributed by atoms with Gasteiger partial charge in [0.05, 0.1) is 5.69 Å². The highest BCUT2D eigenvalue weighted by molar-refractivity contribution is 8.38. The molecule has 1 aromatic carbocycles. The second-order valence-electron chi connectivity index (χ2n) is 4.34. The van der Waals surface area contributed by atoms with E-state index in [0.717, 1.165) is 15.2 Å². The third-order valence-corrected chi connectivity index (χ3v) is 5.36. The molecule has 0 aliphatic rings. The lowest BCUT2D eigenvalue weighted by Crippen LogP contribution is -2.02. The van der Waals surface area contributed by atoms with Gasteiger partial charge in [0.25, 0.3) is 5.95 Å². The van der Waals surface area contributed by atoms with Gasteiger partial charge in [-0.2, -0.15) is 14.7 Å². The average Bonchev–Trinajstić information content (AvgIpc) is 2.87. The number of nitrogens with zero attached hydrogens (tertiary/aromatic N) is 4. The summed E-state index contributed by atoms with van der Waals surface area (Å²) in [5.74, 6) is 0.635. The number of benzene rings is 1. The van der Waals surface area contributed by atoms with E-state index in [4.69, 9.17) is 0 Å². The quantitative estimate of drug-likeness (QED) is 0.474. The van der Waals surface area contributed by atoms with Crippen molar-refractivity contribution < 1.29 is 0 Å². The van der Waals surface area contributed by atoms with E-state index in [-0.39, 0.29) is 0 Å². The van der Waals surface area contributed by atoms with Gasteiger partial charge in [-0.05, 0) is 43.7 Å². The van der Waals surface area contributed by atoms with Crippen LogP contribution in [0.4, 0.5) is 5.95 Å². The predicted molar refractivity (Wildman–Crippen MR) is 96.7 cm³/mol. The van der Waals surface area contributed by atoms with E-state index in [1.807, 2.05) is 23.4 Å². The summed E-state index contributed by atoms with van der Waals surface area (Å²) >= 11 is 4.76. The topological polar surface area (TPSA) is 43.1 Å². The van der Waals surface area contributed by atoms with Crippen LogP contribution in [-0.2, 0) is 0 Å². The summed E-state index contributed by atoms with van der Waals surface area (Å²) < 4.78 is 2.82. The van der Waals surface area contributed by atoms with Gasteiger partial charge in [0.2, 0.25) is 5.16 Å². The van der Waals surface area contributed by atoms with Crippen LogP contribution in [0.2, 0.25) is 0 Å². The summed E-state index contributed by atoms with van der Waals surface area (Å²) in [6, 6.07) is 6.22. The molecule has 0 saturated heterocycles. The van der Waals surface area contributed by atoms with Crippen LogP contribution in [0, 0.1) is 13.8 Å². The molecule has 0 amide bonds. The zero-order chi connectivity index (χ0) is 15.4. The van der Waals surface area contributed by atoms with Crippen LogP contribution in [0.1, 0.15) is 11.1 Å². The van der Waals surface area contributed by atoms with Crippen molar-refractivity contribution in [1.82, 2.24) is 14.8 Å². The van der Waals surface area contributed by atoms with Gasteiger partial charge in [0.15, 0.2) is 0 Å². The molecule has 0 saturated carbocycles. The molecule has 0 atom stereocenters. The van der Waals surface area contributed by atoms with Crippen molar-refractivity contribution in [3.63, 3.8) is 0 Å². The Balaban J connectivity index is 2.63. The molecular formula is C14H18N4S3. The Hall–Kier alpha value is -0.920. The van der Waals surface area contributed by atoms with Gasteiger partial charge in [0.1, 0.15) is 4.38 Å². The largest absolute Gasteiger partial charge is 0.255 e. The molecule has 0 bridgehead atoms. The third-order valence-electron chi connectivity index (χ3n) is 2.95. The minimum absolute atomic E-state index is 0.635. The fourth-order valence-corrected chi connectivity index (χ4v) is 3.34. The van der Waals surface area contributed by atoms with E-state index >= 15 is 0 Å². The van der Waals surface area contributed by atoms with E-state index in [0.29, 0.717) is 5.95 Å². The zero-order valence-corrected chi connectivity index (χ0v) is 15.2. The van der Waals surface area contributed by atoms with Crippen LogP contribution >= 0.6 is 35.3 Å². The second-order valence-corrected chi connectivity index (χ2v) is 6.96. The first-order valence-electron chi connectivity index (χ1n) is 6.35. The molecule has 0 aliphatic carbocycles. The zero-order valence-electron chi connectivity index (χ0n) is 12.7. The second kappa shape index (κ2) is 7.38. The molecule has 1 heterocycles. The van der Waals surface area contributed by atoms with Crippen LogP contribution in [0.5, 0.6) is 0 Å². The highest BCUT2D eigenvalue weighted by Crippen LogP contribution is 2.27. The molecular weight excluding hydrogens is 320 g/mol. The highest BCUT2D eigenvalue weighted by atomic mass is 32.2. The van der Waals surface area contributed by atoms with Crippen molar-refractivity contribution in [3.8, 4) is 5.69 Å². The van der Waals surface area contributed by atoms with Gasteiger partial charge >= 0.3 is 0 Å². The average molecular weight is 339 g/mol. The Morgan fingerprint density at radius 1 is 1.10 bits per heavy atom. The Labute approximate surface area is 138 Å². The molecule has 0 N–H and O–H groups in total. The summed E-state index contributed by atoms with van der Waals surface area (Å²) in [7, 11) is 0. The third kappa shape index (κ3) is 3.64. The lowest BCUT2D eigenvalue weighted by molar-refractivity contribution is 0.825. The maximum atomic E-state index is 4.64. The number of aryl methyl sites for hydroxylation is 2. The van der Waals surface area contributed by atoms with Crippen molar-refractivity contribution in [2.45, 2.75) is 19.0 Å². The van der Waals surface area contributed by atoms with E-state index in [1.165, 1.54) is 22.9 Å². The number of thioether (sulfide) groups is 3. The van der Waals surface area contributed by atoms with Crippen molar-refractivity contribution >= 4 is 45.6 Å². The fraction of sp³-hybridized carbons (Fsp3) is 0.357. The Bertz CT molecular complexity index is 638. The SMILES string of the molecule is CSC(=Nc1nc(SC)nn1-c1c(C)cccc1C)SC. The molecule has 0 aliphatic heterocycles. The van der Waals surface area contributed by atoms with E-state index < -0.39 is 0 Å². The number of hydrogen-bond donors (Lipinski definition) is 0. The van der Waals surface area contributed by atoms with Gasteiger partial charge in [-0.1, -0.05) is 30.0 Å². The summed E-state index contributed by atoms with van der Waals surface area (Å²) in [6.07, 6.45) is 6.01. The summed E-state index contributed by atoms with van der Waals surface area (Å²) in [5, 5.41) is 5.32. The standard InChI is InChI=1S/C14H18N4S3/c1-9-7-6-8-10(2)11(9)18-12(15-13(17-18)19-3)16-14(20-4)21-5/h6-8H,1-5H3. The summed E-state index contributed by atoms with van der Waals surface area (Å²) in [5.41, 5.74) is 3.39. The maximum Gasteiger partial charge on any atom is 0.255 e. The van der Waals surface area contributed by atoms with Crippen LogP contribution in [0.3, 0.4) is 0 Å². The molecule has 4 nitrogen and oxygen atoms in total. The molecule has 2 rings (SSSR count). The predicted octanol–water partition coefficient (Wildman–Crippen LogP) is 4.32. The highest BCUT2D eigenvalue weighted by Gasteiger charge is 2.15. The van der Waals surface area contributed by atoms with Gasteiger partial charge < -0.3 is 0 Å². The Morgan fingerprint density at radius 3 is 2.24 bits per heavy atom. The summed E-state index contributed by atoms with van der Waals surface area (Å²) in [4.78, 5) is 9.16. The van der Waals surface area contributed by atoms with Crippen molar-refractivity contribution in [3.05, 3.63) is 29.3 Å². The van der Waals surface area contributed by atoms with Crippen LogP contribution in [-0.4, -0.2) is 37.9 Å². The Kier molecular flexibility index (Phi) is 5.78. The molecule has 7 heteroatoms. The summed E-state index contributed by atoms with van der Waals surface area (Å²) in [6.45, 7) is 4.17. The van der Waals surface area contributed by atoms with Crippen molar-refractivity contribution in [2.75, 3.05) is 18.8 Å². The molecule has 0 unspecified atom stereocenters. The number of hydrogen-bond acceptors (Lipinski definition) is 6. The number of rotatable bonds is 3. The molecule has 1 aromatic heterocycles. The first-order valence-corrected chi connectivity index (χ1v) is 10.0. The van der Waals surface area contributed by atoms with Gasteiger partial charge in [-0.15, -0.1) is 28.6 Å². The van der Waals surface area contributed by atoms with Crippen LogP contribution in [0.25, 0.3) is 5.69 Å². The Morgan fingerprint density at radius 2 is 1.71 bits per heavy atom. The maximum absolute atomic E-state index is 4.64. The first-order chi connectivity index (χ1) is 10.1. The fourth-order valence-electron chi connectivity index (χ4n) is 1.99. The monoisotopic (exact) mass is 338 g/mol. The molecule has 0 spiro atoms. The van der Waals surface area contributed by atoms with Crippen LogP contribution in [0.15, 0.2) is 28.3 Å². The lowest BCUT2D eigenvalue weighted by Gasteiger charge is -2.10. The minimum Gasteiger partial charge on any atom is -0.197 e. The van der Waals surface area contributed by atoms with E-state index in [2.05, 4.69) is 47.1 Å². The first kappa shape index (κ1) is 16.5. The number of para-hydroxylation sites is 1.